The van der Waals surface area contributed by atoms with Crippen LogP contribution in [0.2, 0.25) is 0 Å². The normalized spacial score (nSPS) is 12.4. The molecular formula is C26H35N3O4. The highest BCUT2D eigenvalue weighted by molar-refractivity contribution is 5.65. The van der Waals surface area contributed by atoms with Gasteiger partial charge in [0, 0.05) is 39.4 Å². The molecule has 1 aromatic heterocycles. The first-order chi connectivity index (χ1) is 15.9. The third-order valence-corrected chi connectivity index (χ3v) is 5.24. The molecule has 0 aliphatic rings. The van der Waals surface area contributed by atoms with Crippen molar-refractivity contribution in [2.24, 2.45) is 13.0 Å². The molecule has 0 saturated heterocycles. The summed E-state index contributed by atoms with van der Waals surface area (Å²) < 4.78 is 18.8. The highest BCUT2D eigenvalue weighted by Crippen LogP contribution is 2.37. The van der Waals surface area contributed by atoms with Crippen molar-refractivity contribution in [2.75, 3.05) is 33.9 Å². The Bertz CT molecular complexity index is 1000. The number of hydrogen-bond donors (Lipinski definition) is 1. The second kappa shape index (κ2) is 11.8. The smallest absolute Gasteiger partial charge is 0.222 e. The number of aromatic nitrogens is 2. The van der Waals surface area contributed by atoms with Crippen molar-refractivity contribution in [3.8, 4) is 28.6 Å². The maximum atomic E-state index is 10.4. The summed E-state index contributed by atoms with van der Waals surface area (Å²) in [5, 5.41) is 15.3. The van der Waals surface area contributed by atoms with E-state index < -0.39 is 6.10 Å². The zero-order valence-corrected chi connectivity index (χ0v) is 20.2. The van der Waals surface area contributed by atoms with Gasteiger partial charge in [-0.15, -0.1) is 0 Å². The quantitative estimate of drug-likeness (QED) is 0.440. The number of nitrogens with zero attached hydrogens (tertiary/aromatic N) is 3. The minimum Gasteiger partial charge on any atom is -0.493 e. The Kier molecular flexibility index (Phi) is 8.88. The molecule has 3 aromatic rings. The van der Waals surface area contributed by atoms with E-state index in [0.29, 0.717) is 36.4 Å². The Labute approximate surface area is 196 Å². The predicted molar refractivity (Wildman–Crippen MR) is 130 cm³/mol. The molecule has 0 amide bonds. The molecule has 1 heterocycles. The summed E-state index contributed by atoms with van der Waals surface area (Å²) in [6, 6.07) is 17.7. The van der Waals surface area contributed by atoms with Crippen LogP contribution in [-0.2, 0) is 18.3 Å². The van der Waals surface area contributed by atoms with Crippen molar-refractivity contribution >= 4 is 0 Å². The largest absolute Gasteiger partial charge is 0.493 e. The lowest BCUT2D eigenvalue weighted by atomic mass is 10.1. The molecule has 0 saturated carbocycles. The van der Waals surface area contributed by atoms with Crippen LogP contribution in [0.3, 0.4) is 0 Å². The Morgan fingerprint density at radius 1 is 0.970 bits per heavy atom. The lowest BCUT2D eigenvalue weighted by Crippen LogP contribution is -2.36. The van der Waals surface area contributed by atoms with E-state index in [2.05, 4.69) is 18.7 Å². The van der Waals surface area contributed by atoms with E-state index in [9.17, 15) is 5.11 Å². The van der Waals surface area contributed by atoms with E-state index in [-0.39, 0.29) is 6.61 Å². The van der Waals surface area contributed by atoms with Gasteiger partial charge >= 0.3 is 0 Å². The van der Waals surface area contributed by atoms with Gasteiger partial charge in [0.2, 0.25) is 5.88 Å². The number of hydrogen-bond acceptors (Lipinski definition) is 6. The molecule has 2 aromatic carbocycles. The average Bonchev–Trinajstić information content (AvgIpc) is 3.09. The zero-order chi connectivity index (χ0) is 23.8. The Morgan fingerprint density at radius 2 is 1.64 bits per heavy atom. The second-order valence-corrected chi connectivity index (χ2v) is 8.57. The molecule has 1 N–H and O–H groups in total. The lowest BCUT2D eigenvalue weighted by molar-refractivity contribution is 0.0330. The first-order valence-electron chi connectivity index (χ1n) is 11.2. The number of para-hydroxylation sites is 2. The number of benzene rings is 2. The van der Waals surface area contributed by atoms with E-state index in [1.807, 2.05) is 61.6 Å². The highest BCUT2D eigenvalue weighted by atomic mass is 16.5. The van der Waals surface area contributed by atoms with Gasteiger partial charge in [0.05, 0.1) is 25.4 Å². The highest BCUT2D eigenvalue weighted by Gasteiger charge is 2.24. The molecule has 0 spiro atoms. The van der Waals surface area contributed by atoms with Gasteiger partial charge in [0.1, 0.15) is 5.69 Å². The fraction of sp³-hybridized carbons (Fsp3) is 0.423. The number of methoxy groups -OCH3 is 2. The predicted octanol–water partition coefficient (Wildman–Crippen LogP) is 4.35. The molecule has 7 heteroatoms. The minimum atomic E-state index is -0.579. The fourth-order valence-corrected chi connectivity index (χ4v) is 3.94. The second-order valence-electron chi connectivity index (χ2n) is 8.57. The summed E-state index contributed by atoms with van der Waals surface area (Å²) in [4.78, 5) is 2.23. The van der Waals surface area contributed by atoms with E-state index >= 15 is 0 Å². The minimum absolute atomic E-state index is 0.289. The van der Waals surface area contributed by atoms with Crippen LogP contribution in [0.25, 0.3) is 11.3 Å². The first-order valence-corrected chi connectivity index (χ1v) is 11.2. The van der Waals surface area contributed by atoms with Crippen molar-refractivity contribution in [1.82, 2.24) is 14.7 Å². The molecule has 33 heavy (non-hydrogen) atoms. The third-order valence-electron chi connectivity index (χ3n) is 5.24. The van der Waals surface area contributed by atoms with Gasteiger partial charge in [0.15, 0.2) is 11.5 Å². The maximum absolute atomic E-state index is 10.4. The van der Waals surface area contributed by atoms with Gasteiger partial charge in [0.25, 0.3) is 0 Å². The molecular weight excluding hydrogens is 418 g/mol. The standard InChI is InChI=1S/C26H35N3O4/c1-19(2)15-29(16-21(30)18-31-4)17-22-25(20-11-7-6-8-12-20)27-28(3)26(22)33-24-14-10-9-13-23(24)32-5/h6-14,19,21,30H,15-18H2,1-5H3/t21-/m1/s1. The molecule has 1 atom stereocenters. The van der Waals surface area contributed by atoms with Gasteiger partial charge in [-0.05, 0) is 18.1 Å². The fourth-order valence-electron chi connectivity index (χ4n) is 3.94. The van der Waals surface area contributed by atoms with Crippen molar-refractivity contribution in [3.05, 3.63) is 60.2 Å². The van der Waals surface area contributed by atoms with Crippen LogP contribution in [0, 0.1) is 5.92 Å². The monoisotopic (exact) mass is 453 g/mol. The van der Waals surface area contributed by atoms with Crippen LogP contribution in [0.4, 0.5) is 0 Å². The van der Waals surface area contributed by atoms with Crippen LogP contribution in [0.1, 0.15) is 19.4 Å². The van der Waals surface area contributed by atoms with E-state index in [0.717, 1.165) is 23.4 Å². The van der Waals surface area contributed by atoms with Gasteiger partial charge in [-0.1, -0.05) is 56.3 Å². The number of aryl methyl sites for hydroxylation is 1. The molecule has 0 bridgehead atoms. The molecule has 0 aliphatic heterocycles. The Balaban J connectivity index is 2.03. The van der Waals surface area contributed by atoms with Crippen molar-refractivity contribution < 1.29 is 19.3 Å². The molecule has 0 aliphatic carbocycles. The van der Waals surface area contributed by atoms with E-state index in [4.69, 9.17) is 19.3 Å². The summed E-state index contributed by atoms with van der Waals surface area (Å²) in [7, 11) is 5.11. The molecule has 178 valence electrons. The van der Waals surface area contributed by atoms with E-state index in [1.165, 1.54) is 0 Å². The number of rotatable bonds is 12. The maximum Gasteiger partial charge on any atom is 0.222 e. The lowest BCUT2D eigenvalue weighted by Gasteiger charge is -2.27. The molecule has 7 nitrogen and oxygen atoms in total. The summed E-state index contributed by atoms with van der Waals surface area (Å²) in [6.45, 7) is 6.51. The summed E-state index contributed by atoms with van der Waals surface area (Å²) in [5.41, 5.74) is 2.83. The van der Waals surface area contributed by atoms with Crippen LogP contribution in [0.5, 0.6) is 17.4 Å². The van der Waals surface area contributed by atoms with Crippen LogP contribution < -0.4 is 9.47 Å². The van der Waals surface area contributed by atoms with Gasteiger partial charge in [-0.25, -0.2) is 4.68 Å². The summed E-state index contributed by atoms with van der Waals surface area (Å²) >= 11 is 0. The zero-order valence-electron chi connectivity index (χ0n) is 20.2. The molecule has 0 radical (unpaired) electrons. The van der Waals surface area contributed by atoms with Crippen LogP contribution in [-0.4, -0.2) is 59.8 Å². The first kappa shape index (κ1) is 24.8. The average molecular weight is 454 g/mol. The van der Waals surface area contributed by atoms with Crippen LogP contribution >= 0.6 is 0 Å². The number of aliphatic hydroxyl groups excluding tert-OH is 1. The molecule has 0 fully saturated rings. The topological polar surface area (TPSA) is 69.0 Å². The van der Waals surface area contributed by atoms with Crippen LogP contribution in [0.15, 0.2) is 54.6 Å². The molecule has 0 unspecified atom stereocenters. The number of ether oxygens (including phenoxy) is 3. The molecule has 3 rings (SSSR count). The van der Waals surface area contributed by atoms with Gasteiger partial charge in [-0.2, -0.15) is 5.10 Å². The Morgan fingerprint density at radius 3 is 2.27 bits per heavy atom. The Hall–Kier alpha value is -2.87. The van der Waals surface area contributed by atoms with Crippen molar-refractivity contribution in [1.29, 1.82) is 0 Å². The third kappa shape index (κ3) is 6.57. The van der Waals surface area contributed by atoms with E-state index in [1.54, 1.807) is 18.9 Å². The summed E-state index contributed by atoms with van der Waals surface area (Å²) in [5.74, 6) is 2.35. The van der Waals surface area contributed by atoms with Crippen molar-refractivity contribution in [3.63, 3.8) is 0 Å². The van der Waals surface area contributed by atoms with Crippen molar-refractivity contribution in [2.45, 2.75) is 26.5 Å². The van der Waals surface area contributed by atoms with Gasteiger partial charge < -0.3 is 19.3 Å². The SMILES string of the molecule is COC[C@H](O)CN(Cc1c(-c2ccccc2)nn(C)c1Oc1ccccc1OC)CC(C)C. The number of aliphatic hydroxyl groups is 1. The summed E-state index contributed by atoms with van der Waals surface area (Å²) in [6.07, 6.45) is -0.579. The van der Waals surface area contributed by atoms with Gasteiger partial charge in [-0.3, -0.25) is 4.90 Å².